The average molecular weight is 301 g/mol. The van der Waals surface area contributed by atoms with E-state index in [1.54, 1.807) is 0 Å². The van der Waals surface area contributed by atoms with Crippen molar-refractivity contribution in [3.63, 3.8) is 0 Å². The van der Waals surface area contributed by atoms with Crippen LogP contribution in [0.2, 0.25) is 0 Å². The number of methoxy groups -OCH3 is 2. The average Bonchev–Trinajstić information content (AvgIpc) is 2.46. The van der Waals surface area contributed by atoms with Crippen LogP contribution in [-0.4, -0.2) is 49.5 Å². The zero-order valence-corrected chi connectivity index (χ0v) is 13.3. The highest BCUT2D eigenvalue weighted by Gasteiger charge is 2.50. The van der Waals surface area contributed by atoms with Gasteiger partial charge in [-0.25, -0.2) is 0 Å². The summed E-state index contributed by atoms with van der Waals surface area (Å²) in [6.45, 7) is 4.03. The predicted molar refractivity (Wildman–Crippen MR) is 77.5 cm³/mol. The molecular weight excluding hydrogens is 274 g/mol. The highest BCUT2D eigenvalue weighted by atomic mass is 16.5. The van der Waals surface area contributed by atoms with Gasteiger partial charge in [-0.1, -0.05) is 26.7 Å². The van der Waals surface area contributed by atoms with E-state index in [4.69, 9.17) is 9.47 Å². The van der Waals surface area contributed by atoms with E-state index in [1.807, 2.05) is 13.8 Å². The number of ether oxygens (including phenoxy) is 2. The Morgan fingerprint density at radius 1 is 0.952 bits per heavy atom. The summed E-state index contributed by atoms with van der Waals surface area (Å²) in [5.74, 6) is -2.46. The SMILES string of the molecule is CCC[C@H]1N[C@H](CCC)C(C(=O)OC)C(O)C1C(=O)OC. The maximum absolute atomic E-state index is 12.0. The van der Waals surface area contributed by atoms with Gasteiger partial charge in [-0.3, -0.25) is 9.59 Å². The first-order valence-corrected chi connectivity index (χ1v) is 7.61. The number of rotatable bonds is 6. The van der Waals surface area contributed by atoms with Crippen LogP contribution in [0.25, 0.3) is 0 Å². The van der Waals surface area contributed by atoms with Crippen molar-refractivity contribution in [1.29, 1.82) is 0 Å². The first-order valence-electron chi connectivity index (χ1n) is 7.61. The Hall–Kier alpha value is -1.14. The molecule has 0 aromatic heterocycles. The van der Waals surface area contributed by atoms with Gasteiger partial charge in [0.15, 0.2) is 0 Å². The van der Waals surface area contributed by atoms with E-state index in [9.17, 15) is 14.7 Å². The highest BCUT2D eigenvalue weighted by molar-refractivity contribution is 5.79. The van der Waals surface area contributed by atoms with Gasteiger partial charge in [-0.05, 0) is 12.8 Å². The molecule has 1 rings (SSSR count). The Labute approximate surface area is 126 Å². The predicted octanol–water partition coefficient (Wildman–Crippen LogP) is 0.866. The standard InChI is InChI=1S/C15H27NO5/c1-5-7-9-11(14(18)20-3)13(17)12(15(19)21-4)10(16-9)8-6-2/h9-13,16-17H,5-8H2,1-4H3/t9-,10-,11?,12?,13?/m1/s1. The van der Waals surface area contributed by atoms with Crippen LogP contribution in [-0.2, 0) is 19.1 Å². The zero-order valence-electron chi connectivity index (χ0n) is 13.3. The Morgan fingerprint density at radius 3 is 1.62 bits per heavy atom. The van der Waals surface area contributed by atoms with Crippen molar-refractivity contribution in [2.24, 2.45) is 11.8 Å². The summed E-state index contributed by atoms with van der Waals surface area (Å²) >= 11 is 0. The van der Waals surface area contributed by atoms with Gasteiger partial charge in [0.05, 0.1) is 32.2 Å². The molecule has 1 heterocycles. The molecule has 0 bridgehead atoms. The fraction of sp³-hybridized carbons (Fsp3) is 0.867. The van der Waals surface area contributed by atoms with Crippen molar-refractivity contribution in [2.75, 3.05) is 14.2 Å². The maximum atomic E-state index is 12.0. The maximum Gasteiger partial charge on any atom is 0.312 e. The van der Waals surface area contributed by atoms with Crippen molar-refractivity contribution in [1.82, 2.24) is 5.32 Å². The third kappa shape index (κ3) is 3.95. The van der Waals surface area contributed by atoms with E-state index in [0.717, 1.165) is 25.7 Å². The zero-order chi connectivity index (χ0) is 16.0. The lowest BCUT2D eigenvalue weighted by atomic mass is 9.75. The molecule has 6 heteroatoms. The molecule has 0 aromatic carbocycles. The first kappa shape index (κ1) is 17.9. The number of esters is 2. The number of aliphatic hydroxyl groups excluding tert-OH is 1. The van der Waals surface area contributed by atoms with E-state index in [-0.39, 0.29) is 12.1 Å². The van der Waals surface area contributed by atoms with Gasteiger partial charge in [-0.15, -0.1) is 0 Å². The van der Waals surface area contributed by atoms with E-state index >= 15 is 0 Å². The smallest absolute Gasteiger partial charge is 0.312 e. The number of carbonyl (C=O) groups excluding carboxylic acids is 2. The van der Waals surface area contributed by atoms with Crippen molar-refractivity contribution in [3.05, 3.63) is 0 Å². The number of carbonyl (C=O) groups is 2. The number of aliphatic hydroxyl groups is 1. The topological polar surface area (TPSA) is 84.9 Å². The van der Waals surface area contributed by atoms with Crippen LogP contribution in [0.1, 0.15) is 39.5 Å². The van der Waals surface area contributed by atoms with Crippen LogP contribution in [0, 0.1) is 11.8 Å². The molecule has 4 atom stereocenters. The van der Waals surface area contributed by atoms with Gasteiger partial charge < -0.3 is 19.9 Å². The van der Waals surface area contributed by atoms with E-state index in [2.05, 4.69) is 5.32 Å². The molecule has 1 fully saturated rings. The quantitative estimate of drug-likeness (QED) is 0.708. The van der Waals surface area contributed by atoms with Crippen LogP contribution in [0.5, 0.6) is 0 Å². The molecule has 0 aromatic rings. The van der Waals surface area contributed by atoms with Crippen LogP contribution in [0.3, 0.4) is 0 Å². The second-order valence-electron chi connectivity index (χ2n) is 5.55. The molecule has 0 radical (unpaired) electrons. The Morgan fingerprint density at radius 2 is 1.33 bits per heavy atom. The minimum atomic E-state index is -1.08. The third-order valence-electron chi connectivity index (χ3n) is 4.18. The summed E-state index contributed by atoms with van der Waals surface area (Å²) in [6.07, 6.45) is 2.15. The molecule has 6 nitrogen and oxygen atoms in total. The monoisotopic (exact) mass is 301 g/mol. The largest absolute Gasteiger partial charge is 0.469 e. The Kier molecular flexibility index (Phi) is 7.11. The van der Waals surface area contributed by atoms with Gasteiger partial charge >= 0.3 is 11.9 Å². The Bertz CT molecular complexity index is 328. The molecular formula is C15H27NO5. The van der Waals surface area contributed by atoms with E-state index < -0.39 is 29.9 Å². The lowest BCUT2D eigenvalue weighted by Gasteiger charge is -2.43. The molecule has 0 amide bonds. The van der Waals surface area contributed by atoms with Crippen LogP contribution >= 0.6 is 0 Å². The molecule has 21 heavy (non-hydrogen) atoms. The molecule has 0 saturated carbocycles. The molecule has 0 aliphatic carbocycles. The van der Waals surface area contributed by atoms with Crippen molar-refractivity contribution >= 4 is 11.9 Å². The summed E-state index contributed by atoms with van der Waals surface area (Å²) in [4.78, 5) is 24.0. The van der Waals surface area contributed by atoms with Crippen molar-refractivity contribution < 1.29 is 24.2 Å². The molecule has 1 aliphatic rings. The molecule has 122 valence electrons. The second kappa shape index (κ2) is 8.34. The van der Waals surface area contributed by atoms with E-state index in [1.165, 1.54) is 14.2 Å². The number of piperidine rings is 1. The molecule has 2 unspecified atom stereocenters. The van der Waals surface area contributed by atoms with Gasteiger partial charge in [-0.2, -0.15) is 0 Å². The summed E-state index contributed by atoms with van der Waals surface area (Å²) in [7, 11) is 2.59. The van der Waals surface area contributed by atoms with Gasteiger partial charge in [0.25, 0.3) is 0 Å². The fourth-order valence-electron chi connectivity index (χ4n) is 3.21. The van der Waals surface area contributed by atoms with Crippen LogP contribution < -0.4 is 5.32 Å². The Balaban J connectivity index is 3.07. The highest BCUT2D eigenvalue weighted by Crippen LogP contribution is 2.32. The number of hydrogen-bond donors (Lipinski definition) is 2. The number of hydrogen-bond acceptors (Lipinski definition) is 6. The minimum absolute atomic E-state index is 0.185. The number of nitrogens with one attached hydrogen (secondary N) is 1. The molecule has 2 N–H and O–H groups in total. The van der Waals surface area contributed by atoms with Crippen LogP contribution in [0.15, 0.2) is 0 Å². The van der Waals surface area contributed by atoms with Crippen molar-refractivity contribution in [2.45, 2.75) is 57.7 Å². The summed E-state index contributed by atoms with van der Waals surface area (Å²) in [5, 5.41) is 13.9. The normalized spacial score (nSPS) is 32.5. The fourth-order valence-corrected chi connectivity index (χ4v) is 3.21. The second-order valence-corrected chi connectivity index (χ2v) is 5.55. The van der Waals surface area contributed by atoms with Gasteiger partial charge in [0.2, 0.25) is 0 Å². The molecule has 0 spiro atoms. The first-order chi connectivity index (χ1) is 10.0. The lowest BCUT2D eigenvalue weighted by Crippen LogP contribution is -2.63. The molecule has 1 saturated heterocycles. The van der Waals surface area contributed by atoms with Crippen LogP contribution in [0.4, 0.5) is 0 Å². The molecule has 1 aliphatic heterocycles. The van der Waals surface area contributed by atoms with Gasteiger partial charge in [0.1, 0.15) is 0 Å². The van der Waals surface area contributed by atoms with Gasteiger partial charge in [0, 0.05) is 12.1 Å². The third-order valence-corrected chi connectivity index (χ3v) is 4.18. The minimum Gasteiger partial charge on any atom is -0.469 e. The van der Waals surface area contributed by atoms with Crippen molar-refractivity contribution in [3.8, 4) is 0 Å². The lowest BCUT2D eigenvalue weighted by molar-refractivity contribution is -0.166. The summed E-state index contributed by atoms with van der Waals surface area (Å²) < 4.78 is 9.61. The van der Waals surface area contributed by atoms with E-state index in [0.29, 0.717) is 0 Å². The summed E-state index contributed by atoms with van der Waals surface area (Å²) in [5.41, 5.74) is 0. The summed E-state index contributed by atoms with van der Waals surface area (Å²) in [6, 6.07) is -0.371.